The molecule has 1 aromatic carbocycles. The maximum absolute atomic E-state index is 10.7. The largest absolute Gasteiger partial charge is 0.390 e. The van der Waals surface area contributed by atoms with E-state index in [9.17, 15) is 5.11 Å². The summed E-state index contributed by atoms with van der Waals surface area (Å²) in [5, 5.41) is 10.7. The molecule has 1 aliphatic heterocycles. The molecule has 1 saturated heterocycles. The molecule has 0 spiro atoms. The molecular formula is C16H24O2. The van der Waals surface area contributed by atoms with Crippen LogP contribution in [0.3, 0.4) is 0 Å². The second kappa shape index (κ2) is 5.41. The summed E-state index contributed by atoms with van der Waals surface area (Å²) >= 11 is 0. The molecule has 2 rings (SSSR count). The monoisotopic (exact) mass is 248 g/mol. The molecule has 2 atom stereocenters. The summed E-state index contributed by atoms with van der Waals surface area (Å²) in [6.07, 6.45) is 4.24. The number of hydrogen-bond acceptors (Lipinski definition) is 2. The van der Waals surface area contributed by atoms with Crippen LogP contribution in [-0.2, 0) is 11.2 Å². The van der Waals surface area contributed by atoms with E-state index in [1.807, 2.05) is 6.07 Å². The fraction of sp³-hybridized carbons (Fsp3) is 0.625. The lowest BCUT2D eigenvalue weighted by Crippen LogP contribution is -2.47. The molecule has 1 fully saturated rings. The highest BCUT2D eigenvalue weighted by Gasteiger charge is 2.40. The second-order valence-electron chi connectivity index (χ2n) is 5.79. The van der Waals surface area contributed by atoms with Gasteiger partial charge in [0.05, 0.1) is 17.8 Å². The minimum absolute atomic E-state index is 0.149. The van der Waals surface area contributed by atoms with Gasteiger partial charge in [-0.25, -0.2) is 0 Å². The van der Waals surface area contributed by atoms with Gasteiger partial charge in [0.1, 0.15) is 0 Å². The standard InChI is InChI=1S/C16H24O2/c1-3-15(2)13-16(17,11-12-18-15)10-9-14-7-5-4-6-8-14/h4-8,17H,3,9-13H2,1-2H3. The third-order valence-corrected chi connectivity index (χ3v) is 4.19. The summed E-state index contributed by atoms with van der Waals surface area (Å²) in [5.74, 6) is 0. The molecule has 1 aliphatic rings. The van der Waals surface area contributed by atoms with E-state index in [0.717, 1.165) is 32.1 Å². The Morgan fingerprint density at radius 1 is 1.28 bits per heavy atom. The normalized spacial score (nSPS) is 32.4. The smallest absolute Gasteiger partial charge is 0.0700 e. The van der Waals surface area contributed by atoms with Crippen molar-refractivity contribution in [2.24, 2.45) is 0 Å². The van der Waals surface area contributed by atoms with Crippen molar-refractivity contribution in [3.05, 3.63) is 35.9 Å². The van der Waals surface area contributed by atoms with Gasteiger partial charge in [-0.3, -0.25) is 0 Å². The van der Waals surface area contributed by atoms with Crippen molar-refractivity contribution in [2.75, 3.05) is 6.61 Å². The molecule has 0 aromatic heterocycles. The first-order chi connectivity index (χ1) is 8.55. The number of aryl methyl sites for hydroxylation is 1. The first-order valence-corrected chi connectivity index (χ1v) is 6.96. The number of ether oxygens (including phenoxy) is 1. The highest BCUT2D eigenvalue weighted by Crippen LogP contribution is 2.37. The highest BCUT2D eigenvalue weighted by molar-refractivity contribution is 5.15. The SMILES string of the molecule is CCC1(C)CC(O)(CCc2ccccc2)CCO1. The molecule has 0 amide bonds. The average Bonchev–Trinajstić information content (AvgIpc) is 2.38. The molecule has 100 valence electrons. The Labute approximate surface area is 110 Å². The number of benzene rings is 1. The summed E-state index contributed by atoms with van der Waals surface area (Å²) in [6, 6.07) is 10.4. The van der Waals surface area contributed by atoms with Gasteiger partial charge in [0.2, 0.25) is 0 Å². The maximum Gasteiger partial charge on any atom is 0.0700 e. The zero-order chi connectivity index (χ0) is 13.1. The minimum atomic E-state index is -0.557. The van der Waals surface area contributed by atoms with E-state index in [1.54, 1.807) is 0 Å². The summed E-state index contributed by atoms with van der Waals surface area (Å²) in [5.41, 5.74) is 0.596. The van der Waals surface area contributed by atoms with E-state index < -0.39 is 5.60 Å². The molecule has 2 nitrogen and oxygen atoms in total. The van der Waals surface area contributed by atoms with E-state index in [4.69, 9.17) is 4.74 Å². The predicted octanol–water partition coefficient (Wildman–Crippen LogP) is 3.33. The molecule has 2 heteroatoms. The van der Waals surface area contributed by atoms with Gasteiger partial charge in [-0.15, -0.1) is 0 Å². The topological polar surface area (TPSA) is 29.5 Å². The van der Waals surface area contributed by atoms with Crippen molar-refractivity contribution in [3.8, 4) is 0 Å². The number of aliphatic hydroxyl groups is 1. The molecule has 0 radical (unpaired) electrons. The molecule has 18 heavy (non-hydrogen) atoms. The lowest BCUT2D eigenvalue weighted by molar-refractivity contribution is -0.155. The Morgan fingerprint density at radius 3 is 2.67 bits per heavy atom. The lowest BCUT2D eigenvalue weighted by atomic mass is 9.79. The van der Waals surface area contributed by atoms with Gasteiger partial charge in [-0.2, -0.15) is 0 Å². The van der Waals surface area contributed by atoms with Crippen molar-refractivity contribution < 1.29 is 9.84 Å². The Hall–Kier alpha value is -0.860. The summed E-state index contributed by atoms with van der Waals surface area (Å²) in [4.78, 5) is 0. The first-order valence-electron chi connectivity index (χ1n) is 6.96. The van der Waals surface area contributed by atoms with Gasteiger partial charge in [0.25, 0.3) is 0 Å². The van der Waals surface area contributed by atoms with Crippen LogP contribution in [0, 0.1) is 0 Å². The van der Waals surface area contributed by atoms with Crippen molar-refractivity contribution in [1.29, 1.82) is 0 Å². The van der Waals surface area contributed by atoms with Gasteiger partial charge in [-0.1, -0.05) is 37.3 Å². The highest BCUT2D eigenvalue weighted by atomic mass is 16.5. The third-order valence-electron chi connectivity index (χ3n) is 4.19. The molecule has 0 bridgehead atoms. The predicted molar refractivity (Wildman–Crippen MR) is 73.6 cm³/mol. The molecule has 1 heterocycles. The fourth-order valence-corrected chi connectivity index (χ4v) is 2.79. The van der Waals surface area contributed by atoms with Gasteiger partial charge in [-0.05, 0) is 38.2 Å². The van der Waals surface area contributed by atoms with Crippen molar-refractivity contribution in [1.82, 2.24) is 0 Å². The summed E-state index contributed by atoms with van der Waals surface area (Å²) in [6.45, 7) is 4.91. The molecule has 1 aromatic rings. The van der Waals surface area contributed by atoms with Gasteiger partial charge in [0, 0.05) is 6.42 Å². The van der Waals surface area contributed by atoms with Crippen LogP contribution < -0.4 is 0 Å². The van der Waals surface area contributed by atoms with Crippen LogP contribution in [0.4, 0.5) is 0 Å². The van der Waals surface area contributed by atoms with Crippen molar-refractivity contribution >= 4 is 0 Å². The van der Waals surface area contributed by atoms with E-state index >= 15 is 0 Å². The Morgan fingerprint density at radius 2 is 2.00 bits per heavy atom. The van der Waals surface area contributed by atoms with Gasteiger partial charge >= 0.3 is 0 Å². The first kappa shape index (κ1) is 13.6. The second-order valence-corrected chi connectivity index (χ2v) is 5.79. The zero-order valence-electron chi connectivity index (χ0n) is 11.5. The van der Waals surface area contributed by atoms with Crippen LogP contribution in [0.25, 0.3) is 0 Å². The minimum Gasteiger partial charge on any atom is -0.390 e. The lowest BCUT2D eigenvalue weighted by Gasteiger charge is -2.43. The molecular weight excluding hydrogens is 224 g/mol. The Bertz CT molecular complexity index is 376. The van der Waals surface area contributed by atoms with Crippen LogP contribution in [0.5, 0.6) is 0 Å². The molecule has 1 N–H and O–H groups in total. The molecule has 2 unspecified atom stereocenters. The number of rotatable bonds is 4. The summed E-state index contributed by atoms with van der Waals surface area (Å²) < 4.78 is 5.80. The summed E-state index contributed by atoms with van der Waals surface area (Å²) in [7, 11) is 0. The van der Waals surface area contributed by atoms with Crippen LogP contribution in [-0.4, -0.2) is 22.9 Å². The van der Waals surface area contributed by atoms with E-state index in [1.165, 1.54) is 5.56 Å². The van der Waals surface area contributed by atoms with Crippen molar-refractivity contribution in [2.45, 2.75) is 57.2 Å². The fourth-order valence-electron chi connectivity index (χ4n) is 2.79. The van der Waals surface area contributed by atoms with Gasteiger partial charge < -0.3 is 9.84 Å². The van der Waals surface area contributed by atoms with Crippen LogP contribution in [0.2, 0.25) is 0 Å². The van der Waals surface area contributed by atoms with Crippen LogP contribution in [0.1, 0.15) is 45.1 Å². The van der Waals surface area contributed by atoms with Crippen molar-refractivity contribution in [3.63, 3.8) is 0 Å². The van der Waals surface area contributed by atoms with E-state index in [2.05, 4.69) is 38.1 Å². The van der Waals surface area contributed by atoms with Crippen LogP contribution >= 0.6 is 0 Å². The Balaban J connectivity index is 1.95. The third kappa shape index (κ3) is 3.33. The Kier molecular flexibility index (Phi) is 4.08. The zero-order valence-corrected chi connectivity index (χ0v) is 11.5. The van der Waals surface area contributed by atoms with Gasteiger partial charge in [0.15, 0.2) is 0 Å². The quantitative estimate of drug-likeness (QED) is 0.885. The van der Waals surface area contributed by atoms with E-state index in [0.29, 0.717) is 6.61 Å². The van der Waals surface area contributed by atoms with Crippen LogP contribution in [0.15, 0.2) is 30.3 Å². The molecule has 0 saturated carbocycles. The molecule has 0 aliphatic carbocycles. The van der Waals surface area contributed by atoms with E-state index in [-0.39, 0.29) is 5.60 Å². The maximum atomic E-state index is 10.7. The number of hydrogen-bond donors (Lipinski definition) is 1. The average molecular weight is 248 g/mol.